The Bertz CT molecular complexity index is 518. The van der Waals surface area contributed by atoms with Gasteiger partial charge in [0.15, 0.2) is 0 Å². The van der Waals surface area contributed by atoms with Crippen LogP contribution in [0.4, 0.5) is 5.82 Å². The van der Waals surface area contributed by atoms with Crippen molar-refractivity contribution < 1.29 is 4.74 Å². The third kappa shape index (κ3) is 2.08. The minimum Gasteiger partial charge on any atom is -0.376 e. The molecule has 0 amide bonds. The Morgan fingerprint density at radius 1 is 1.59 bits per heavy atom. The molecule has 17 heavy (non-hydrogen) atoms. The topological polar surface area (TPSA) is 64.3 Å². The molecule has 6 heteroatoms. The van der Waals surface area contributed by atoms with Gasteiger partial charge in [-0.2, -0.15) is 14.6 Å². The van der Waals surface area contributed by atoms with Crippen LogP contribution in [-0.4, -0.2) is 38.8 Å². The van der Waals surface area contributed by atoms with Crippen LogP contribution in [0, 0.1) is 6.92 Å². The molecular weight excluding hydrogens is 218 g/mol. The van der Waals surface area contributed by atoms with Gasteiger partial charge in [0.25, 0.3) is 5.78 Å². The second-order valence-corrected chi connectivity index (χ2v) is 4.27. The Balaban J connectivity index is 1.81. The number of nitrogens with one attached hydrogen (secondary N) is 1. The minimum atomic E-state index is 0.307. The lowest BCUT2D eigenvalue weighted by atomic mass is 10.2. The SMILES string of the molecule is Cc1cc(NC[C@@H]2CCCO2)n2ncnc2n1. The zero-order valence-electron chi connectivity index (χ0n) is 9.76. The van der Waals surface area contributed by atoms with Gasteiger partial charge in [0.1, 0.15) is 12.1 Å². The van der Waals surface area contributed by atoms with Crippen LogP contribution in [0.2, 0.25) is 0 Å². The molecule has 0 saturated carbocycles. The first-order valence-corrected chi connectivity index (χ1v) is 5.86. The molecule has 1 aliphatic rings. The summed E-state index contributed by atoms with van der Waals surface area (Å²) in [6, 6.07) is 1.97. The number of nitrogens with zero attached hydrogens (tertiary/aromatic N) is 4. The maximum absolute atomic E-state index is 5.58. The van der Waals surface area contributed by atoms with Gasteiger partial charge in [-0.1, -0.05) is 0 Å². The van der Waals surface area contributed by atoms with Gasteiger partial charge in [-0.3, -0.25) is 0 Å². The van der Waals surface area contributed by atoms with E-state index in [1.165, 1.54) is 6.33 Å². The standard InChI is InChI=1S/C11H15N5O/c1-8-5-10(12-6-9-3-2-4-17-9)16-11(15-8)13-7-14-16/h5,7,9,12H,2-4,6H2,1H3/t9-/m0/s1. The van der Waals surface area contributed by atoms with E-state index >= 15 is 0 Å². The molecule has 0 radical (unpaired) electrons. The molecule has 6 nitrogen and oxygen atoms in total. The Morgan fingerprint density at radius 2 is 2.53 bits per heavy atom. The van der Waals surface area contributed by atoms with E-state index in [-0.39, 0.29) is 0 Å². The Hall–Kier alpha value is -1.69. The smallest absolute Gasteiger partial charge is 0.254 e. The highest BCUT2D eigenvalue weighted by atomic mass is 16.5. The first kappa shape index (κ1) is 10.5. The molecule has 1 N–H and O–H groups in total. The van der Waals surface area contributed by atoms with Crippen molar-refractivity contribution in [2.45, 2.75) is 25.9 Å². The minimum absolute atomic E-state index is 0.307. The lowest BCUT2D eigenvalue weighted by molar-refractivity contribution is 0.120. The monoisotopic (exact) mass is 233 g/mol. The van der Waals surface area contributed by atoms with Gasteiger partial charge in [0, 0.05) is 24.9 Å². The summed E-state index contributed by atoms with van der Waals surface area (Å²) in [5, 5.41) is 7.50. The number of aromatic nitrogens is 4. The number of ether oxygens (including phenoxy) is 1. The van der Waals surface area contributed by atoms with Crippen molar-refractivity contribution in [3.8, 4) is 0 Å². The molecule has 0 unspecified atom stereocenters. The second kappa shape index (κ2) is 4.29. The van der Waals surface area contributed by atoms with Crippen molar-refractivity contribution in [3.63, 3.8) is 0 Å². The highest BCUT2D eigenvalue weighted by molar-refractivity contribution is 5.44. The van der Waals surface area contributed by atoms with Crippen LogP contribution in [-0.2, 0) is 4.74 Å². The van der Waals surface area contributed by atoms with Gasteiger partial charge in [-0.15, -0.1) is 0 Å². The number of hydrogen-bond donors (Lipinski definition) is 1. The average Bonchev–Trinajstić information content (AvgIpc) is 2.95. The lowest BCUT2D eigenvalue weighted by Crippen LogP contribution is -2.20. The summed E-state index contributed by atoms with van der Waals surface area (Å²) in [6.45, 7) is 3.63. The molecule has 1 fully saturated rings. The van der Waals surface area contributed by atoms with Crippen LogP contribution < -0.4 is 5.32 Å². The van der Waals surface area contributed by atoms with Crippen LogP contribution in [0.5, 0.6) is 0 Å². The summed E-state index contributed by atoms with van der Waals surface area (Å²) in [5.41, 5.74) is 0.931. The van der Waals surface area contributed by atoms with Gasteiger partial charge in [0.05, 0.1) is 6.10 Å². The van der Waals surface area contributed by atoms with Crippen molar-refractivity contribution in [2.75, 3.05) is 18.5 Å². The first-order valence-electron chi connectivity index (χ1n) is 5.86. The third-order valence-electron chi connectivity index (χ3n) is 2.91. The molecular formula is C11H15N5O. The van der Waals surface area contributed by atoms with Gasteiger partial charge in [0.2, 0.25) is 0 Å². The molecule has 0 aliphatic carbocycles. The van der Waals surface area contributed by atoms with E-state index in [2.05, 4.69) is 20.4 Å². The zero-order chi connectivity index (χ0) is 11.7. The average molecular weight is 233 g/mol. The van der Waals surface area contributed by atoms with Crippen LogP contribution in [0.15, 0.2) is 12.4 Å². The number of anilines is 1. The van der Waals surface area contributed by atoms with E-state index in [4.69, 9.17) is 4.74 Å². The molecule has 3 heterocycles. The molecule has 1 atom stereocenters. The highest BCUT2D eigenvalue weighted by Crippen LogP contribution is 2.14. The van der Waals surface area contributed by atoms with Crippen LogP contribution in [0.1, 0.15) is 18.5 Å². The molecule has 0 spiro atoms. The van der Waals surface area contributed by atoms with E-state index < -0.39 is 0 Å². The molecule has 90 valence electrons. The fourth-order valence-electron chi connectivity index (χ4n) is 2.08. The van der Waals surface area contributed by atoms with E-state index in [1.807, 2.05) is 13.0 Å². The summed E-state index contributed by atoms with van der Waals surface area (Å²) in [6.07, 6.45) is 4.10. The van der Waals surface area contributed by atoms with Crippen molar-refractivity contribution in [1.82, 2.24) is 19.6 Å². The van der Waals surface area contributed by atoms with E-state index in [0.717, 1.165) is 37.5 Å². The van der Waals surface area contributed by atoms with Crippen LogP contribution >= 0.6 is 0 Å². The summed E-state index contributed by atoms with van der Waals surface area (Å²) in [4.78, 5) is 8.38. The van der Waals surface area contributed by atoms with E-state index in [1.54, 1.807) is 4.52 Å². The normalized spacial score (nSPS) is 19.9. The first-order chi connectivity index (χ1) is 8.33. The number of aryl methyl sites for hydroxylation is 1. The highest BCUT2D eigenvalue weighted by Gasteiger charge is 2.15. The molecule has 3 rings (SSSR count). The van der Waals surface area contributed by atoms with Crippen LogP contribution in [0.3, 0.4) is 0 Å². The molecule has 0 aromatic carbocycles. The van der Waals surface area contributed by atoms with Crippen LogP contribution in [0.25, 0.3) is 5.78 Å². The summed E-state index contributed by atoms with van der Waals surface area (Å²) in [5.74, 6) is 1.54. The lowest BCUT2D eigenvalue weighted by Gasteiger charge is -2.12. The number of hydrogen-bond acceptors (Lipinski definition) is 5. The predicted octanol–water partition coefficient (Wildman–Crippen LogP) is 1.02. The van der Waals surface area contributed by atoms with E-state index in [9.17, 15) is 0 Å². The van der Waals surface area contributed by atoms with Crippen molar-refractivity contribution in [3.05, 3.63) is 18.1 Å². The second-order valence-electron chi connectivity index (χ2n) is 4.27. The summed E-state index contributed by atoms with van der Waals surface area (Å²) >= 11 is 0. The maximum atomic E-state index is 5.58. The molecule has 1 aliphatic heterocycles. The number of rotatable bonds is 3. The number of fused-ring (bicyclic) bond motifs is 1. The van der Waals surface area contributed by atoms with Crippen molar-refractivity contribution in [2.24, 2.45) is 0 Å². The Labute approximate surface area is 99.0 Å². The van der Waals surface area contributed by atoms with Gasteiger partial charge >= 0.3 is 0 Å². The van der Waals surface area contributed by atoms with Gasteiger partial charge in [-0.25, -0.2) is 4.98 Å². The Morgan fingerprint density at radius 3 is 3.35 bits per heavy atom. The molecule has 0 bridgehead atoms. The van der Waals surface area contributed by atoms with Crippen molar-refractivity contribution in [1.29, 1.82) is 0 Å². The molecule has 2 aromatic heterocycles. The van der Waals surface area contributed by atoms with E-state index in [0.29, 0.717) is 11.9 Å². The summed E-state index contributed by atoms with van der Waals surface area (Å²) < 4.78 is 7.29. The third-order valence-corrected chi connectivity index (χ3v) is 2.91. The Kier molecular flexibility index (Phi) is 2.64. The molecule has 2 aromatic rings. The van der Waals surface area contributed by atoms with Gasteiger partial charge < -0.3 is 10.1 Å². The van der Waals surface area contributed by atoms with Crippen molar-refractivity contribution >= 4 is 11.6 Å². The fourth-order valence-corrected chi connectivity index (χ4v) is 2.08. The quantitative estimate of drug-likeness (QED) is 0.857. The fraction of sp³-hybridized carbons (Fsp3) is 0.545. The zero-order valence-corrected chi connectivity index (χ0v) is 9.76. The maximum Gasteiger partial charge on any atom is 0.254 e. The van der Waals surface area contributed by atoms with Gasteiger partial charge in [-0.05, 0) is 19.8 Å². The largest absolute Gasteiger partial charge is 0.376 e. The molecule has 1 saturated heterocycles. The summed E-state index contributed by atoms with van der Waals surface area (Å²) in [7, 11) is 0. The predicted molar refractivity (Wildman–Crippen MR) is 63.0 cm³/mol.